The summed E-state index contributed by atoms with van der Waals surface area (Å²) in [5.41, 5.74) is 4.67. The molecule has 0 unspecified atom stereocenters. The fraction of sp³-hybridized carbons (Fsp3) is 0.125. The quantitative estimate of drug-likeness (QED) is 0.327. The molecule has 0 saturated carbocycles. The van der Waals surface area contributed by atoms with E-state index >= 15 is 0 Å². The Morgan fingerprint density at radius 1 is 1.06 bits per heavy atom. The summed E-state index contributed by atoms with van der Waals surface area (Å²) in [7, 11) is 0. The number of carbonyl (C=O) groups excluding carboxylic acids is 1. The molecule has 2 aromatic heterocycles. The standard InChI is InChI=1S/C24H23N5O2/c30-15-5-14-26-24(31)20-7-1-2-8-21(20)27-18-9-11-19-22(28-29-23(19)16-18)12-10-17-6-3-4-13-25-17/h1-4,6-13,16,27,30H,5,14-15H2,(H,26,31)(H,28,29)/b12-10+. The van der Waals surface area contributed by atoms with Gasteiger partial charge in [-0.2, -0.15) is 5.10 Å². The van der Waals surface area contributed by atoms with Gasteiger partial charge in [0.25, 0.3) is 5.91 Å². The minimum absolute atomic E-state index is 0.0451. The maximum Gasteiger partial charge on any atom is 0.253 e. The summed E-state index contributed by atoms with van der Waals surface area (Å²) in [6.45, 7) is 0.474. The number of hydrogen-bond acceptors (Lipinski definition) is 5. The summed E-state index contributed by atoms with van der Waals surface area (Å²) < 4.78 is 0. The molecule has 0 saturated heterocycles. The third-order valence-corrected chi connectivity index (χ3v) is 4.76. The number of aromatic amines is 1. The van der Waals surface area contributed by atoms with E-state index in [9.17, 15) is 4.79 Å². The number of H-pyrrole nitrogens is 1. The maximum absolute atomic E-state index is 12.5. The molecule has 4 N–H and O–H groups in total. The van der Waals surface area contributed by atoms with Gasteiger partial charge < -0.3 is 15.7 Å². The Balaban J connectivity index is 1.53. The fourth-order valence-electron chi connectivity index (χ4n) is 3.21. The van der Waals surface area contributed by atoms with Crippen molar-refractivity contribution in [3.05, 3.63) is 83.8 Å². The lowest BCUT2D eigenvalue weighted by atomic mass is 10.1. The van der Waals surface area contributed by atoms with Crippen LogP contribution in [0.2, 0.25) is 0 Å². The molecule has 0 spiro atoms. The van der Waals surface area contributed by atoms with E-state index in [4.69, 9.17) is 5.11 Å². The van der Waals surface area contributed by atoms with Crippen LogP contribution in [-0.4, -0.2) is 39.3 Å². The maximum atomic E-state index is 12.5. The minimum Gasteiger partial charge on any atom is -0.396 e. The number of pyridine rings is 1. The van der Waals surface area contributed by atoms with Gasteiger partial charge in [0.05, 0.1) is 28.2 Å². The van der Waals surface area contributed by atoms with Gasteiger partial charge in [-0.25, -0.2) is 0 Å². The molecule has 156 valence electrons. The molecule has 0 aliphatic rings. The van der Waals surface area contributed by atoms with Gasteiger partial charge in [0.2, 0.25) is 0 Å². The van der Waals surface area contributed by atoms with Gasteiger partial charge >= 0.3 is 0 Å². The zero-order valence-corrected chi connectivity index (χ0v) is 16.9. The van der Waals surface area contributed by atoms with Crippen LogP contribution in [0.25, 0.3) is 23.1 Å². The van der Waals surface area contributed by atoms with Crippen LogP contribution in [0.1, 0.15) is 28.2 Å². The Kier molecular flexibility index (Phi) is 6.35. The first-order valence-corrected chi connectivity index (χ1v) is 10.1. The molecule has 0 bridgehead atoms. The number of benzene rings is 2. The van der Waals surface area contributed by atoms with E-state index in [1.54, 1.807) is 12.3 Å². The van der Waals surface area contributed by atoms with Crippen LogP contribution in [0.5, 0.6) is 0 Å². The third-order valence-electron chi connectivity index (χ3n) is 4.76. The SMILES string of the molecule is O=C(NCCCO)c1ccccc1Nc1ccc2c(/C=C/c3ccccn3)n[nH]c2c1. The zero-order chi connectivity index (χ0) is 21.5. The van der Waals surface area contributed by atoms with Gasteiger partial charge in [0.1, 0.15) is 0 Å². The van der Waals surface area contributed by atoms with Crippen molar-refractivity contribution < 1.29 is 9.90 Å². The van der Waals surface area contributed by atoms with Crippen molar-refractivity contribution in [3.63, 3.8) is 0 Å². The Bertz CT molecular complexity index is 1200. The summed E-state index contributed by atoms with van der Waals surface area (Å²) in [5, 5.41) is 23.5. The predicted octanol–water partition coefficient (Wildman–Crippen LogP) is 3.98. The van der Waals surface area contributed by atoms with Crippen molar-refractivity contribution >= 4 is 40.3 Å². The highest BCUT2D eigenvalue weighted by molar-refractivity contribution is 6.00. The van der Waals surface area contributed by atoms with Crippen LogP contribution in [0, 0.1) is 0 Å². The summed E-state index contributed by atoms with van der Waals surface area (Å²) in [6.07, 6.45) is 6.13. The van der Waals surface area contributed by atoms with Gasteiger partial charge in [-0.15, -0.1) is 0 Å². The van der Waals surface area contributed by atoms with Crippen molar-refractivity contribution in [2.75, 3.05) is 18.5 Å². The number of amides is 1. The highest BCUT2D eigenvalue weighted by Gasteiger charge is 2.11. The predicted molar refractivity (Wildman–Crippen MR) is 123 cm³/mol. The van der Waals surface area contributed by atoms with Crippen molar-refractivity contribution in [2.45, 2.75) is 6.42 Å². The number of para-hydroxylation sites is 1. The first kappa shape index (κ1) is 20.3. The smallest absolute Gasteiger partial charge is 0.253 e. The first-order chi connectivity index (χ1) is 15.2. The summed E-state index contributed by atoms with van der Waals surface area (Å²) in [6, 6.07) is 19.0. The van der Waals surface area contributed by atoms with E-state index in [1.807, 2.05) is 66.7 Å². The molecule has 2 aromatic carbocycles. The molecule has 7 heteroatoms. The van der Waals surface area contributed by atoms with Crippen LogP contribution in [0.15, 0.2) is 66.9 Å². The van der Waals surface area contributed by atoms with Gasteiger partial charge in [0, 0.05) is 30.4 Å². The number of aromatic nitrogens is 3. The number of carbonyl (C=O) groups is 1. The van der Waals surface area contributed by atoms with Crippen molar-refractivity contribution in [1.29, 1.82) is 0 Å². The normalized spacial score (nSPS) is 11.1. The van der Waals surface area contributed by atoms with Crippen LogP contribution < -0.4 is 10.6 Å². The topological polar surface area (TPSA) is 103 Å². The second-order valence-corrected chi connectivity index (χ2v) is 6.96. The molecular formula is C24H23N5O2. The second kappa shape index (κ2) is 9.69. The lowest BCUT2D eigenvalue weighted by Gasteiger charge is -2.12. The molecule has 2 heterocycles. The highest BCUT2D eigenvalue weighted by atomic mass is 16.3. The number of aliphatic hydroxyl groups excluding tert-OH is 1. The summed E-state index contributed by atoms with van der Waals surface area (Å²) in [5.74, 6) is -0.180. The van der Waals surface area contributed by atoms with Crippen LogP contribution in [0.3, 0.4) is 0 Å². The van der Waals surface area contributed by atoms with E-state index < -0.39 is 0 Å². The monoisotopic (exact) mass is 413 g/mol. The molecule has 0 atom stereocenters. The minimum atomic E-state index is -0.180. The van der Waals surface area contributed by atoms with Crippen LogP contribution >= 0.6 is 0 Å². The number of aliphatic hydroxyl groups is 1. The Morgan fingerprint density at radius 3 is 2.77 bits per heavy atom. The molecule has 0 radical (unpaired) electrons. The fourth-order valence-corrected chi connectivity index (χ4v) is 3.21. The third kappa shape index (κ3) is 4.96. The summed E-state index contributed by atoms with van der Waals surface area (Å²) in [4.78, 5) is 16.8. The van der Waals surface area contributed by atoms with Gasteiger partial charge in [-0.1, -0.05) is 18.2 Å². The number of fused-ring (bicyclic) bond motifs is 1. The number of nitrogens with one attached hydrogen (secondary N) is 3. The van der Waals surface area contributed by atoms with Crippen LogP contribution in [0.4, 0.5) is 11.4 Å². The van der Waals surface area contributed by atoms with Gasteiger partial charge in [0.15, 0.2) is 0 Å². The molecular weight excluding hydrogens is 390 g/mol. The van der Waals surface area contributed by atoms with Gasteiger partial charge in [-0.3, -0.25) is 14.9 Å². The molecule has 0 aliphatic carbocycles. The van der Waals surface area contributed by atoms with Crippen molar-refractivity contribution in [2.24, 2.45) is 0 Å². The Hall–Kier alpha value is -3.97. The van der Waals surface area contributed by atoms with E-state index in [-0.39, 0.29) is 12.5 Å². The first-order valence-electron chi connectivity index (χ1n) is 10.1. The number of hydrogen-bond donors (Lipinski definition) is 4. The average Bonchev–Trinajstić information content (AvgIpc) is 3.21. The second-order valence-electron chi connectivity index (χ2n) is 6.96. The number of rotatable bonds is 8. The lowest BCUT2D eigenvalue weighted by Crippen LogP contribution is -2.25. The number of nitrogens with zero attached hydrogens (tertiary/aromatic N) is 2. The highest BCUT2D eigenvalue weighted by Crippen LogP contribution is 2.26. The van der Waals surface area contributed by atoms with Gasteiger partial charge in [-0.05, 0) is 61.0 Å². The van der Waals surface area contributed by atoms with Crippen LogP contribution in [-0.2, 0) is 0 Å². The molecule has 4 rings (SSSR count). The average molecular weight is 413 g/mol. The zero-order valence-electron chi connectivity index (χ0n) is 16.9. The largest absolute Gasteiger partial charge is 0.396 e. The van der Waals surface area contributed by atoms with Crippen molar-refractivity contribution in [3.8, 4) is 0 Å². The Morgan fingerprint density at radius 2 is 1.94 bits per heavy atom. The molecule has 0 fully saturated rings. The molecule has 0 aliphatic heterocycles. The lowest BCUT2D eigenvalue weighted by molar-refractivity contribution is 0.0952. The van der Waals surface area contributed by atoms with E-state index in [0.717, 1.165) is 28.0 Å². The van der Waals surface area contributed by atoms with E-state index in [1.165, 1.54) is 0 Å². The van der Waals surface area contributed by atoms with E-state index in [0.29, 0.717) is 24.2 Å². The Labute approximate surface area is 179 Å². The van der Waals surface area contributed by atoms with E-state index in [2.05, 4.69) is 25.8 Å². The number of anilines is 2. The van der Waals surface area contributed by atoms with Crippen molar-refractivity contribution in [1.82, 2.24) is 20.5 Å². The molecule has 7 nitrogen and oxygen atoms in total. The summed E-state index contributed by atoms with van der Waals surface area (Å²) >= 11 is 0. The molecule has 31 heavy (non-hydrogen) atoms. The molecule has 4 aromatic rings. The molecule has 1 amide bonds.